The van der Waals surface area contributed by atoms with Crippen LogP contribution in [0.4, 0.5) is 13.2 Å². The predicted octanol–water partition coefficient (Wildman–Crippen LogP) is 5.37. The van der Waals surface area contributed by atoms with Crippen molar-refractivity contribution >= 4 is 0 Å². The minimum absolute atomic E-state index is 0.543. The van der Waals surface area contributed by atoms with Gasteiger partial charge in [-0.3, -0.25) is 0 Å². The third-order valence-corrected chi connectivity index (χ3v) is 6.07. The molecule has 26 heavy (non-hydrogen) atoms. The van der Waals surface area contributed by atoms with Crippen LogP contribution in [0, 0.1) is 11.8 Å². The Morgan fingerprint density at radius 3 is 2.23 bits per heavy atom. The first kappa shape index (κ1) is 17.6. The molecule has 4 heteroatoms. The Kier molecular flexibility index (Phi) is 4.78. The maximum Gasteiger partial charge on any atom is 0.416 e. The van der Waals surface area contributed by atoms with Crippen molar-refractivity contribution in [3.05, 3.63) is 71.3 Å². The van der Waals surface area contributed by atoms with Crippen molar-refractivity contribution < 1.29 is 13.2 Å². The van der Waals surface area contributed by atoms with Crippen molar-refractivity contribution in [1.29, 1.82) is 0 Å². The molecule has 1 saturated carbocycles. The highest BCUT2D eigenvalue weighted by molar-refractivity contribution is 5.26. The van der Waals surface area contributed by atoms with Crippen LogP contribution in [-0.4, -0.2) is 24.5 Å². The molecule has 2 aliphatic rings. The Hall–Kier alpha value is -1.81. The Morgan fingerprint density at radius 2 is 1.58 bits per heavy atom. The zero-order valence-corrected chi connectivity index (χ0v) is 14.8. The third kappa shape index (κ3) is 3.80. The van der Waals surface area contributed by atoms with Gasteiger partial charge < -0.3 is 4.90 Å². The molecular formula is C22H24F3N. The number of alkyl halides is 3. The van der Waals surface area contributed by atoms with Crippen molar-refractivity contribution in [3.8, 4) is 0 Å². The first-order chi connectivity index (χ1) is 12.5. The molecule has 2 aromatic carbocycles. The minimum Gasteiger partial charge on any atom is -0.302 e. The summed E-state index contributed by atoms with van der Waals surface area (Å²) in [6.07, 6.45) is -1.08. The summed E-state index contributed by atoms with van der Waals surface area (Å²) in [5.41, 5.74) is 1.69. The molecule has 0 spiro atoms. The molecule has 2 aromatic rings. The number of halogens is 3. The number of benzene rings is 2. The summed E-state index contributed by atoms with van der Waals surface area (Å²) in [7, 11) is 0. The van der Waals surface area contributed by atoms with Crippen LogP contribution >= 0.6 is 0 Å². The second kappa shape index (κ2) is 7.07. The van der Waals surface area contributed by atoms with Crippen LogP contribution in [0.2, 0.25) is 0 Å². The topological polar surface area (TPSA) is 3.24 Å². The predicted molar refractivity (Wildman–Crippen MR) is 97.0 cm³/mol. The molecule has 1 unspecified atom stereocenters. The smallest absolute Gasteiger partial charge is 0.302 e. The van der Waals surface area contributed by atoms with Gasteiger partial charge in [0.15, 0.2) is 0 Å². The van der Waals surface area contributed by atoms with E-state index in [0.29, 0.717) is 12.3 Å². The van der Waals surface area contributed by atoms with Gasteiger partial charge in [0.25, 0.3) is 0 Å². The lowest BCUT2D eigenvalue weighted by molar-refractivity contribution is -0.137. The van der Waals surface area contributed by atoms with E-state index < -0.39 is 11.7 Å². The lowest BCUT2D eigenvalue weighted by atomic mass is 9.96. The molecule has 0 amide bonds. The summed E-state index contributed by atoms with van der Waals surface area (Å²) in [6, 6.07) is 16.5. The van der Waals surface area contributed by atoms with Gasteiger partial charge in [0, 0.05) is 19.6 Å². The second-order valence-electron chi connectivity index (χ2n) is 7.81. The summed E-state index contributed by atoms with van der Waals surface area (Å²) >= 11 is 0. The van der Waals surface area contributed by atoms with Crippen molar-refractivity contribution in [2.24, 2.45) is 11.8 Å². The molecule has 1 heterocycles. The lowest BCUT2D eigenvalue weighted by Gasteiger charge is -2.19. The molecule has 0 N–H and O–H groups in total. The number of likely N-dealkylation sites (tertiary alicyclic amines) is 1. The highest BCUT2D eigenvalue weighted by Crippen LogP contribution is 2.46. The summed E-state index contributed by atoms with van der Waals surface area (Å²) in [4.78, 5) is 2.44. The second-order valence-corrected chi connectivity index (χ2v) is 7.81. The number of hydrogen-bond donors (Lipinski definition) is 0. The quantitative estimate of drug-likeness (QED) is 0.709. The number of fused-ring (bicyclic) bond motifs is 1. The zero-order valence-electron chi connectivity index (χ0n) is 14.8. The fraction of sp³-hybridized carbons (Fsp3) is 0.455. The van der Waals surface area contributed by atoms with Gasteiger partial charge in [-0.05, 0) is 54.2 Å². The molecule has 3 atom stereocenters. The van der Waals surface area contributed by atoms with E-state index in [2.05, 4.69) is 35.2 Å². The van der Waals surface area contributed by atoms with Gasteiger partial charge in [-0.15, -0.1) is 0 Å². The first-order valence-corrected chi connectivity index (χ1v) is 9.42. The van der Waals surface area contributed by atoms with Crippen molar-refractivity contribution in [2.45, 2.75) is 31.4 Å². The number of nitrogens with zero attached hydrogens (tertiary/aromatic N) is 1. The molecule has 0 aromatic heterocycles. The van der Waals surface area contributed by atoms with Gasteiger partial charge in [0.05, 0.1) is 5.56 Å². The van der Waals surface area contributed by atoms with E-state index >= 15 is 0 Å². The van der Waals surface area contributed by atoms with Crippen LogP contribution in [-0.2, 0) is 12.6 Å². The van der Waals surface area contributed by atoms with Gasteiger partial charge in [-0.1, -0.05) is 48.5 Å². The highest BCUT2D eigenvalue weighted by Gasteiger charge is 2.40. The van der Waals surface area contributed by atoms with Crippen LogP contribution < -0.4 is 0 Å². The maximum absolute atomic E-state index is 12.8. The van der Waals surface area contributed by atoms with Gasteiger partial charge in [0.1, 0.15) is 0 Å². The van der Waals surface area contributed by atoms with Gasteiger partial charge in [0.2, 0.25) is 0 Å². The summed E-state index contributed by atoms with van der Waals surface area (Å²) < 4.78 is 38.5. The van der Waals surface area contributed by atoms with Crippen molar-refractivity contribution in [3.63, 3.8) is 0 Å². The zero-order chi connectivity index (χ0) is 18.1. The largest absolute Gasteiger partial charge is 0.416 e. The van der Waals surface area contributed by atoms with Crippen LogP contribution in [0.15, 0.2) is 54.6 Å². The molecule has 0 bridgehead atoms. The Labute approximate surface area is 152 Å². The van der Waals surface area contributed by atoms with Crippen LogP contribution in [0.25, 0.3) is 0 Å². The molecule has 4 rings (SSSR count). The van der Waals surface area contributed by atoms with Gasteiger partial charge >= 0.3 is 6.18 Å². The summed E-state index contributed by atoms with van der Waals surface area (Å²) in [5.74, 6) is 2.15. The molecular weight excluding hydrogens is 335 g/mol. The van der Waals surface area contributed by atoms with E-state index in [-0.39, 0.29) is 0 Å². The average molecular weight is 359 g/mol. The van der Waals surface area contributed by atoms with Crippen molar-refractivity contribution in [2.75, 3.05) is 19.6 Å². The van der Waals surface area contributed by atoms with Gasteiger partial charge in [-0.25, -0.2) is 0 Å². The van der Waals surface area contributed by atoms with Gasteiger partial charge in [-0.2, -0.15) is 13.2 Å². The minimum atomic E-state index is -4.26. The monoisotopic (exact) mass is 359 g/mol. The first-order valence-electron chi connectivity index (χ1n) is 9.42. The lowest BCUT2D eigenvalue weighted by Crippen LogP contribution is -2.25. The molecule has 1 aliphatic carbocycles. The summed E-state index contributed by atoms with van der Waals surface area (Å²) in [6.45, 7) is 3.03. The molecule has 1 aliphatic heterocycles. The van der Waals surface area contributed by atoms with E-state index in [0.717, 1.165) is 43.1 Å². The van der Waals surface area contributed by atoms with E-state index in [1.165, 1.54) is 30.5 Å². The van der Waals surface area contributed by atoms with Crippen LogP contribution in [0.1, 0.15) is 35.4 Å². The Balaban J connectivity index is 1.30. The maximum atomic E-state index is 12.8. The molecule has 1 saturated heterocycles. The van der Waals surface area contributed by atoms with E-state index in [1.54, 1.807) is 6.07 Å². The molecule has 2 fully saturated rings. The fourth-order valence-electron chi connectivity index (χ4n) is 4.77. The van der Waals surface area contributed by atoms with Crippen molar-refractivity contribution in [1.82, 2.24) is 4.90 Å². The van der Waals surface area contributed by atoms with E-state index in [9.17, 15) is 13.2 Å². The fourth-order valence-corrected chi connectivity index (χ4v) is 4.77. The Morgan fingerprint density at radius 1 is 0.885 bits per heavy atom. The van der Waals surface area contributed by atoms with E-state index in [1.807, 2.05) is 0 Å². The molecule has 138 valence electrons. The standard InChI is InChI=1S/C22H24F3N/c23-22(24,25)21-8-4-5-16(11-21)9-10-26-14-19-12-18(13-20(19)15-26)17-6-2-1-3-7-17/h1-8,11,18-20H,9-10,12-15H2/t18?,19-,20+. The molecule has 0 radical (unpaired) electrons. The normalized spacial score (nSPS) is 26.2. The SMILES string of the molecule is FC(F)(F)c1cccc(CCN2C[C@H]3CC(c4ccccc4)C[C@H]3C2)c1. The average Bonchev–Trinajstić information content (AvgIpc) is 3.19. The van der Waals surface area contributed by atoms with Crippen LogP contribution in [0.5, 0.6) is 0 Å². The number of rotatable bonds is 4. The summed E-state index contributed by atoms with van der Waals surface area (Å²) in [5, 5.41) is 0. The third-order valence-electron chi connectivity index (χ3n) is 6.07. The molecule has 1 nitrogen and oxygen atoms in total. The Bertz CT molecular complexity index is 727. The van der Waals surface area contributed by atoms with E-state index in [4.69, 9.17) is 0 Å². The highest BCUT2D eigenvalue weighted by atomic mass is 19.4. The number of hydrogen-bond acceptors (Lipinski definition) is 1. The van der Waals surface area contributed by atoms with Crippen LogP contribution in [0.3, 0.4) is 0 Å².